The molecule has 2 aromatic rings. The number of nitrogens with zero attached hydrogens (tertiary/aromatic N) is 3. The zero-order chi connectivity index (χ0) is 15.0. The van der Waals surface area contributed by atoms with E-state index < -0.39 is 0 Å². The largest absolute Gasteiger partial charge is 0.347 e. The number of fused-ring (bicyclic) bond motifs is 1. The maximum absolute atomic E-state index is 12.4. The average molecular weight is 369 g/mol. The third-order valence-corrected chi connectivity index (χ3v) is 4.93. The molecular weight excluding hydrogens is 354 g/mol. The van der Waals surface area contributed by atoms with Gasteiger partial charge in [0.15, 0.2) is 5.82 Å². The number of aryl methyl sites for hydroxylation is 1. The molecule has 1 aliphatic heterocycles. The lowest BCUT2D eigenvalue weighted by Crippen LogP contribution is -2.37. The van der Waals surface area contributed by atoms with Gasteiger partial charge in [0.25, 0.3) is 5.56 Å². The maximum Gasteiger partial charge on any atom is 0.293 e. The van der Waals surface area contributed by atoms with Crippen LogP contribution in [0.4, 0.5) is 5.82 Å². The fourth-order valence-corrected chi connectivity index (χ4v) is 3.48. The molecule has 0 atom stereocenters. The summed E-state index contributed by atoms with van der Waals surface area (Å²) in [4.78, 5) is 18.7. The van der Waals surface area contributed by atoms with Crippen molar-refractivity contribution in [3.8, 4) is 0 Å². The molecule has 1 aromatic carbocycles. The van der Waals surface area contributed by atoms with Gasteiger partial charge in [0, 0.05) is 41.5 Å². The standard InChI is InChI=1S/C15H15BrClN3O/c1-2-19-8-6-18-14(15(19)21)20-7-5-10-11(9-20)13(17)4-3-12(10)16/h3-4,6,8H,2,5,7,9H2,1H3. The number of benzene rings is 1. The molecule has 110 valence electrons. The van der Waals surface area contributed by atoms with Gasteiger partial charge in [0.2, 0.25) is 0 Å². The van der Waals surface area contributed by atoms with Crippen LogP contribution in [0.2, 0.25) is 5.02 Å². The Morgan fingerprint density at radius 3 is 2.95 bits per heavy atom. The first-order valence-electron chi connectivity index (χ1n) is 6.88. The second-order valence-corrected chi connectivity index (χ2v) is 6.26. The first-order chi connectivity index (χ1) is 10.1. The molecule has 0 spiro atoms. The first-order valence-corrected chi connectivity index (χ1v) is 8.05. The van der Waals surface area contributed by atoms with Crippen LogP contribution in [0, 0.1) is 0 Å². The van der Waals surface area contributed by atoms with Crippen molar-refractivity contribution in [1.82, 2.24) is 9.55 Å². The Morgan fingerprint density at radius 2 is 2.19 bits per heavy atom. The molecule has 0 bridgehead atoms. The van der Waals surface area contributed by atoms with Crippen LogP contribution in [0.25, 0.3) is 0 Å². The molecule has 2 heterocycles. The van der Waals surface area contributed by atoms with Gasteiger partial charge in [-0.05, 0) is 36.6 Å². The molecular formula is C15H15BrClN3O. The van der Waals surface area contributed by atoms with E-state index >= 15 is 0 Å². The predicted octanol–water partition coefficient (Wildman–Crippen LogP) is 3.24. The summed E-state index contributed by atoms with van der Waals surface area (Å²) >= 11 is 9.89. The Bertz CT molecular complexity index is 744. The monoisotopic (exact) mass is 367 g/mol. The summed E-state index contributed by atoms with van der Waals surface area (Å²) in [6, 6.07) is 3.86. The minimum atomic E-state index is -0.0467. The van der Waals surface area contributed by atoms with Crippen molar-refractivity contribution in [3.05, 3.63) is 55.5 Å². The maximum atomic E-state index is 12.4. The Labute approximate surface area is 136 Å². The van der Waals surface area contributed by atoms with Crippen molar-refractivity contribution in [2.75, 3.05) is 11.4 Å². The average Bonchev–Trinajstić information content (AvgIpc) is 2.51. The molecule has 4 nitrogen and oxygen atoms in total. The summed E-state index contributed by atoms with van der Waals surface area (Å²) in [5, 5.41) is 0.740. The van der Waals surface area contributed by atoms with Crippen LogP contribution in [0.1, 0.15) is 18.1 Å². The van der Waals surface area contributed by atoms with Gasteiger partial charge in [-0.2, -0.15) is 0 Å². The van der Waals surface area contributed by atoms with Crippen LogP contribution in [-0.2, 0) is 19.5 Å². The molecule has 0 saturated heterocycles. The van der Waals surface area contributed by atoms with Crippen molar-refractivity contribution < 1.29 is 0 Å². The summed E-state index contributed by atoms with van der Waals surface area (Å²) in [7, 11) is 0. The van der Waals surface area contributed by atoms with E-state index in [4.69, 9.17) is 11.6 Å². The summed E-state index contributed by atoms with van der Waals surface area (Å²) in [5.41, 5.74) is 2.26. The lowest BCUT2D eigenvalue weighted by molar-refractivity contribution is 0.674. The quantitative estimate of drug-likeness (QED) is 0.817. The smallest absolute Gasteiger partial charge is 0.293 e. The fraction of sp³-hybridized carbons (Fsp3) is 0.333. The molecule has 0 amide bonds. The summed E-state index contributed by atoms with van der Waals surface area (Å²) in [6.45, 7) is 3.97. The zero-order valence-corrected chi connectivity index (χ0v) is 14.0. The number of anilines is 1. The highest BCUT2D eigenvalue weighted by Gasteiger charge is 2.23. The SMILES string of the molecule is CCn1ccnc(N2CCc3c(Br)ccc(Cl)c3C2)c1=O. The molecule has 0 fully saturated rings. The highest BCUT2D eigenvalue weighted by molar-refractivity contribution is 9.10. The van der Waals surface area contributed by atoms with Crippen LogP contribution >= 0.6 is 27.5 Å². The molecule has 21 heavy (non-hydrogen) atoms. The second-order valence-electron chi connectivity index (χ2n) is 5.00. The minimum absolute atomic E-state index is 0.0467. The van der Waals surface area contributed by atoms with Gasteiger partial charge < -0.3 is 9.47 Å². The predicted molar refractivity (Wildman–Crippen MR) is 88.1 cm³/mol. The van der Waals surface area contributed by atoms with Gasteiger partial charge in [-0.1, -0.05) is 27.5 Å². The lowest BCUT2D eigenvalue weighted by Gasteiger charge is -2.30. The van der Waals surface area contributed by atoms with Gasteiger partial charge in [0.1, 0.15) is 0 Å². The first kappa shape index (κ1) is 14.6. The van der Waals surface area contributed by atoms with E-state index in [-0.39, 0.29) is 5.56 Å². The van der Waals surface area contributed by atoms with Crippen molar-refractivity contribution in [3.63, 3.8) is 0 Å². The fourth-order valence-electron chi connectivity index (χ4n) is 2.68. The zero-order valence-electron chi connectivity index (χ0n) is 11.6. The van der Waals surface area contributed by atoms with Gasteiger partial charge in [0.05, 0.1) is 0 Å². The Hall–Kier alpha value is -1.33. The van der Waals surface area contributed by atoms with Gasteiger partial charge in [-0.15, -0.1) is 0 Å². The number of halogens is 2. The lowest BCUT2D eigenvalue weighted by atomic mass is 10.00. The van der Waals surface area contributed by atoms with Gasteiger partial charge in [-0.25, -0.2) is 4.98 Å². The highest BCUT2D eigenvalue weighted by atomic mass is 79.9. The van der Waals surface area contributed by atoms with Crippen LogP contribution < -0.4 is 10.5 Å². The molecule has 1 aromatic heterocycles. The summed E-state index contributed by atoms with van der Waals surface area (Å²) < 4.78 is 2.74. The van der Waals surface area contributed by atoms with E-state index in [2.05, 4.69) is 20.9 Å². The number of hydrogen-bond acceptors (Lipinski definition) is 3. The van der Waals surface area contributed by atoms with E-state index in [1.165, 1.54) is 5.56 Å². The van der Waals surface area contributed by atoms with Crippen molar-refractivity contribution >= 4 is 33.3 Å². The normalized spacial score (nSPS) is 14.1. The molecule has 6 heteroatoms. The molecule has 0 unspecified atom stereocenters. The Morgan fingerprint density at radius 1 is 1.38 bits per heavy atom. The van der Waals surface area contributed by atoms with Gasteiger partial charge >= 0.3 is 0 Å². The third-order valence-electron chi connectivity index (χ3n) is 3.83. The van der Waals surface area contributed by atoms with E-state index in [1.807, 2.05) is 24.0 Å². The van der Waals surface area contributed by atoms with Crippen molar-refractivity contribution in [2.24, 2.45) is 0 Å². The summed E-state index contributed by atoms with van der Waals surface area (Å²) in [5.74, 6) is 0.501. The highest BCUT2D eigenvalue weighted by Crippen LogP contribution is 2.32. The topological polar surface area (TPSA) is 38.1 Å². The summed E-state index contributed by atoms with van der Waals surface area (Å²) in [6.07, 6.45) is 4.24. The molecule has 0 aliphatic carbocycles. The Kier molecular flexibility index (Phi) is 4.04. The number of hydrogen-bond donors (Lipinski definition) is 0. The molecule has 3 rings (SSSR count). The van der Waals surface area contributed by atoms with Crippen LogP contribution in [0.15, 0.2) is 33.8 Å². The van der Waals surface area contributed by atoms with E-state index in [9.17, 15) is 4.79 Å². The number of rotatable bonds is 2. The van der Waals surface area contributed by atoms with Crippen LogP contribution in [0.3, 0.4) is 0 Å². The van der Waals surface area contributed by atoms with E-state index in [1.54, 1.807) is 17.0 Å². The minimum Gasteiger partial charge on any atom is -0.347 e. The van der Waals surface area contributed by atoms with Crippen LogP contribution in [0.5, 0.6) is 0 Å². The number of aromatic nitrogens is 2. The van der Waals surface area contributed by atoms with E-state index in [0.717, 1.165) is 28.0 Å². The molecule has 0 radical (unpaired) electrons. The second kappa shape index (κ2) is 5.81. The van der Waals surface area contributed by atoms with Crippen molar-refractivity contribution in [2.45, 2.75) is 26.4 Å². The van der Waals surface area contributed by atoms with Crippen molar-refractivity contribution in [1.29, 1.82) is 0 Å². The van der Waals surface area contributed by atoms with Crippen LogP contribution in [-0.4, -0.2) is 16.1 Å². The Balaban J connectivity index is 2.01. The third kappa shape index (κ3) is 2.60. The molecule has 0 N–H and O–H groups in total. The van der Waals surface area contributed by atoms with Gasteiger partial charge in [-0.3, -0.25) is 4.79 Å². The van der Waals surface area contributed by atoms with E-state index in [0.29, 0.717) is 18.9 Å². The molecule has 1 aliphatic rings. The molecule has 0 saturated carbocycles.